The highest BCUT2D eigenvalue weighted by atomic mass is 16.6. The van der Waals surface area contributed by atoms with Crippen LogP contribution < -0.4 is 19.5 Å². The lowest BCUT2D eigenvalue weighted by Gasteiger charge is -2.26. The van der Waals surface area contributed by atoms with Gasteiger partial charge in [-0.3, -0.25) is 4.79 Å². The van der Waals surface area contributed by atoms with Gasteiger partial charge in [0.05, 0.1) is 0 Å². The average Bonchev–Trinajstić information content (AvgIpc) is 3.38. The Morgan fingerprint density at radius 3 is 2.34 bits per heavy atom. The van der Waals surface area contributed by atoms with Gasteiger partial charge in [-0.2, -0.15) is 0 Å². The lowest BCUT2D eigenvalue weighted by molar-refractivity contribution is 0.0992. The standard InChI is InChI=1S/C29H27NO5/c1-29(2,20-6-4-3-5-7-20)21-8-11-23(12-9-21)34-19-24-13-15-26(35-24)28(31)30-22-10-14-25-27(18-22)33-17-16-32-25/h3-15,18H,16-17,19H2,1-2H3,(H,30,31). The number of carbonyl (C=O) groups excluding carboxylic acids is 1. The Kier molecular flexibility index (Phi) is 6.19. The highest BCUT2D eigenvalue weighted by molar-refractivity contribution is 6.02. The second-order valence-electron chi connectivity index (χ2n) is 8.88. The number of furan rings is 1. The molecule has 5 rings (SSSR count). The number of ether oxygens (including phenoxy) is 3. The van der Waals surface area contributed by atoms with Gasteiger partial charge in [0.1, 0.15) is 31.3 Å². The van der Waals surface area contributed by atoms with Gasteiger partial charge in [0, 0.05) is 17.2 Å². The Morgan fingerprint density at radius 2 is 1.57 bits per heavy atom. The van der Waals surface area contributed by atoms with Crippen LogP contribution in [0.3, 0.4) is 0 Å². The van der Waals surface area contributed by atoms with Gasteiger partial charge in [0.2, 0.25) is 0 Å². The first-order chi connectivity index (χ1) is 17.0. The normalized spacial score (nSPS) is 12.7. The summed E-state index contributed by atoms with van der Waals surface area (Å²) in [6, 6.07) is 27.2. The zero-order valence-corrected chi connectivity index (χ0v) is 19.7. The smallest absolute Gasteiger partial charge is 0.291 e. The van der Waals surface area contributed by atoms with Crippen LogP contribution in [0.4, 0.5) is 5.69 Å². The van der Waals surface area contributed by atoms with Crippen molar-refractivity contribution in [3.63, 3.8) is 0 Å². The molecule has 3 aromatic carbocycles. The lowest BCUT2D eigenvalue weighted by Crippen LogP contribution is -2.18. The first kappa shape index (κ1) is 22.6. The molecule has 0 spiro atoms. The topological polar surface area (TPSA) is 69.9 Å². The molecule has 0 atom stereocenters. The van der Waals surface area contributed by atoms with Crippen LogP contribution in [0, 0.1) is 0 Å². The van der Waals surface area contributed by atoms with Crippen LogP contribution in [0.5, 0.6) is 17.2 Å². The molecule has 1 aromatic heterocycles. The molecule has 0 unspecified atom stereocenters. The first-order valence-corrected chi connectivity index (χ1v) is 11.6. The maximum Gasteiger partial charge on any atom is 0.291 e. The van der Waals surface area contributed by atoms with Crippen LogP contribution in [-0.2, 0) is 12.0 Å². The molecule has 2 heterocycles. The molecular weight excluding hydrogens is 442 g/mol. The van der Waals surface area contributed by atoms with E-state index in [2.05, 4.69) is 55.6 Å². The molecule has 0 saturated heterocycles. The van der Waals surface area contributed by atoms with E-state index in [0.29, 0.717) is 36.2 Å². The summed E-state index contributed by atoms with van der Waals surface area (Å²) in [5, 5.41) is 2.82. The van der Waals surface area contributed by atoms with E-state index >= 15 is 0 Å². The molecule has 1 N–H and O–H groups in total. The number of hydrogen-bond donors (Lipinski definition) is 1. The highest BCUT2D eigenvalue weighted by Crippen LogP contribution is 2.33. The number of nitrogens with one attached hydrogen (secondary N) is 1. The molecule has 0 radical (unpaired) electrons. The summed E-state index contributed by atoms with van der Waals surface area (Å²) >= 11 is 0. The summed E-state index contributed by atoms with van der Waals surface area (Å²) < 4.78 is 22.6. The maximum absolute atomic E-state index is 12.6. The molecule has 0 fully saturated rings. The Labute approximate surface area is 204 Å². The fourth-order valence-corrected chi connectivity index (χ4v) is 4.04. The molecule has 6 nitrogen and oxygen atoms in total. The van der Waals surface area contributed by atoms with Crippen molar-refractivity contribution in [2.45, 2.75) is 25.9 Å². The molecule has 35 heavy (non-hydrogen) atoms. The fraction of sp³-hybridized carbons (Fsp3) is 0.207. The fourth-order valence-electron chi connectivity index (χ4n) is 4.04. The molecule has 0 saturated carbocycles. The molecular formula is C29H27NO5. The van der Waals surface area contributed by atoms with Gasteiger partial charge in [-0.15, -0.1) is 0 Å². The molecule has 0 bridgehead atoms. The molecule has 4 aromatic rings. The van der Waals surface area contributed by atoms with Crippen LogP contribution in [0.15, 0.2) is 89.3 Å². The van der Waals surface area contributed by atoms with Crippen molar-refractivity contribution in [3.8, 4) is 17.2 Å². The summed E-state index contributed by atoms with van der Waals surface area (Å²) in [5.74, 6) is 2.44. The summed E-state index contributed by atoms with van der Waals surface area (Å²) in [6.07, 6.45) is 0. The number of anilines is 1. The highest BCUT2D eigenvalue weighted by Gasteiger charge is 2.22. The zero-order chi connectivity index (χ0) is 24.3. The van der Waals surface area contributed by atoms with Crippen LogP contribution >= 0.6 is 0 Å². The van der Waals surface area contributed by atoms with Crippen LogP contribution in [0.2, 0.25) is 0 Å². The van der Waals surface area contributed by atoms with Crippen molar-refractivity contribution in [1.82, 2.24) is 0 Å². The summed E-state index contributed by atoms with van der Waals surface area (Å²) in [7, 11) is 0. The van der Waals surface area contributed by atoms with Crippen molar-refractivity contribution < 1.29 is 23.4 Å². The summed E-state index contributed by atoms with van der Waals surface area (Å²) in [6.45, 7) is 5.64. The predicted octanol–water partition coefficient (Wildman–Crippen LogP) is 6.21. The maximum atomic E-state index is 12.6. The van der Waals surface area contributed by atoms with E-state index in [1.807, 2.05) is 18.2 Å². The number of benzene rings is 3. The molecule has 1 amide bonds. The number of carbonyl (C=O) groups is 1. The summed E-state index contributed by atoms with van der Waals surface area (Å²) in [4.78, 5) is 12.6. The van der Waals surface area contributed by atoms with Crippen LogP contribution in [0.1, 0.15) is 41.3 Å². The predicted molar refractivity (Wildman–Crippen MR) is 133 cm³/mol. The SMILES string of the molecule is CC(C)(c1ccccc1)c1ccc(OCc2ccc(C(=O)Nc3ccc4c(c3)OCCO4)o2)cc1. The van der Waals surface area contributed by atoms with Crippen molar-refractivity contribution in [3.05, 3.63) is 108 Å². The van der Waals surface area contributed by atoms with Gasteiger partial charge in [0.15, 0.2) is 17.3 Å². The largest absolute Gasteiger partial charge is 0.486 e. The first-order valence-electron chi connectivity index (χ1n) is 11.6. The lowest BCUT2D eigenvalue weighted by atomic mass is 9.78. The van der Waals surface area contributed by atoms with E-state index in [9.17, 15) is 4.79 Å². The average molecular weight is 470 g/mol. The van der Waals surface area contributed by atoms with E-state index in [-0.39, 0.29) is 23.7 Å². The summed E-state index contributed by atoms with van der Waals surface area (Å²) in [5.41, 5.74) is 2.95. The third kappa shape index (κ3) is 5.01. The van der Waals surface area contributed by atoms with Gasteiger partial charge in [-0.1, -0.05) is 56.3 Å². The third-order valence-corrected chi connectivity index (χ3v) is 6.14. The minimum absolute atomic E-state index is 0.111. The Hall–Kier alpha value is -4.19. The third-order valence-electron chi connectivity index (χ3n) is 6.14. The second kappa shape index (κ2) is 9.58. The van der Waals surface area contributed by atoms with Gasteiger partial charge in [-0.05, 0) is 47.5 Å². The zero-order valence-electron chi connectivity index (χ0n) is 19.7. The minimum Gasteiger partial charge on any atom is -0.486 e. The van der Waals surface area contributed by atoms with E-state index < -0.39 is 0 Å². The minimum atomic E-state index is -0.347. The Morgan fingerprint density at radius 1 is 0.857 bits per heavy atom. The van der Waals surface area contributed by atoms with Gasteiger partial charge in [-0.25, -0.2) is 0 Å². The number of fused-ring (bicyclic) bond motifs is 1. The van der Waals surface area contributed by atoms with Crippen LogP contribution in [0.25, 0.3) is 0 Å². The number of hydrogen-bond acceptors (Lipinski definition) is 5. The van der Waals surface area contributed by atoms with Gasteiger partial charge >= 0.3 is 0 Å². The monoisotopic (exact) mass is 469 g/mol. The van der Waals surface area contributed by atoms with Crippen LogP contribution in [-0.4, -0.2) is 19.1 Å². The van der Waals surface area contributed by atoms with Crippen molar-refractivity contribution in [1.29, 1.82) is 0 Å². The van der Waals surface area contributed by atoms with Crippen molar-refractivity contribution in [2.75, 3.05) is 18.5 Å². The number of amides is 1. The Bertz CT molecular complexity index is 1310. The molecule has 178 valence electrons. The van der Waals surface area contributed by atoms with E-state index in [1.54, 1.807) is 30.3 Å². The quantitative estimate of drug-likeness (QED) is 0.349. The van der Waals surface area contributed by atoms with E-state index in [4.69, 9.17) is 18.6 Å². The molecule has 1 aliphatic heterocycles. The molecule has 1 aliphatic rings. The van der Waals surface area contributed by atoms with E-state index in [0.717, 1.165) is 5.75 Å². The Balaban J connectivity index is 1.18. The second-order valence-corrected chi connectivity index (χ2v) is 8.88. The van der Waals surface area contributed by atoms with Gasteiger partial charge in [0.25, 0.3) is 5.91 Å². The van der Waals surface area contributed by atoms with Crippen molar-refractivity contribution >= 4 is 11.6 Å². The van der Waals surface area contributed by atoms with Crippen molar-refractivity contribution in [2.24, 2.45) is 0 Å². The molecule has 0 aliphatic carbocycles. The van der Waals surface area contributed by atoms with E-state index in [1.165, 1.54) is 11.1 Å². The van der Waals surface area contributed by atoms with Gasteiger partial charge < -0.3 is 23.9 Å². The number of rotatable bonds is 7. The molecule has 6 heteroatoms.